The SMILES string of the molecule is CC(CN)CC(=O)Nc1cc(Cl)cc(C(F)(F)F)c1. The molecule has 1 rings (SSSR count). The third kappa shape index (κ3) is 5.08. The van der Waals surface area contributed by atoms with E-state index >= 15 is 0 Å². The van der Waals surface area contributed by atoms with Crippen LogP contribution in [0.15, 0.2) is 18.2 Å². The van der Waals surface area contributed by atoms with Crippen LogP contribution < -0.4 is 11.1 Å². The van der Waals surface area contributed by atoms with Gasteiger partial charge in [0.25, 0.3) is 0 Å². The number of hydrogen-bond acceptors (Lipinski definition) is 2. The number of nitrogens with one attached hydrogen (secondary N) is 1. The Hall–Kier alpha value is -1.27. The van der Waals surface area contributed by atoms with Crippen molar-refractivity contribution in [3.63, 3.8) is 0 Å². The van der Waals surface area contributed by atoms with E-state index in [1.54, 1.807) is 6.92 Å². The molecule has 1 atom stereocenters. The minimum Gasteiger partial charge on any atom is -0.330 e. The molecule has 0 saturated carbocycles. The van der Waals surface area contributed by atoms with E-state index in [1.807, 2.05) is 0 Å². The smallest absolute Gasteiger partial charge is 0.330 e. The Balaban J connectivity index is 2.84. The van der Waals surface area contributed by atoms with Gasteiger partial charge in [-0.1, -0.05) is 18.5 Å². The first-order chi connectivity index (χ1) is 8.72. The van der Waals surface area contributed by atoms with Crippen molar-refractivity contribution in [2.24, 2.45) is 11.7 Å². The molecule has 0 aromatic heterocycles. The lowest BCUT2D eigenvalue weighted by atomic mass is 10.1. The van der Waals surface area contributed by atoms with E-state index in [4.69, 9.17) is 17.3 Å². The molecular formula is C12H14ClF3N2O. The predicted molar refractivity (Wildman–Crippen MR) is 67.9 cm³/mol. The second-order valence-corrected chi connectivity index (χ2v) is 4.76. The molecule has 1 aromatic carbocycles. The highest BCUT2D eigenvalue weighted by atomic mass is 35.5. The minimum absolute atomic E-state index is 0.0223. The first kappa shape index (κ1) is 15.8. The maximum absolute atomic E-state index is 12.6. The van der Waals surface area contributed by atoms with Crippen LogP contribution in [0.5, 0.6) is 0 Å². The zero-order valence-electron chi connectivity index (χ0n) is 10.2. The van der Waals surface area contributed by atoms with Gasteiger partial charge in [0.15, 0.2) is 0 Å². The van der Waals surface area contributed by atoms with Gasteiger partial charge < -0.3 is 11.1 Å². The highest BCUT2D eigenvalue weighted by Gasteiger charge is 2.31. The minimum atomic E-state index is -4.51. The number of halogens is 4. The molecule has 1 amide bonds. The van der Waals surface area contributed by atoms with Gasteiger partial charge in [0.05, 0.1) is 5.56 Å². The van der Waals surface area contributed by atoms with E-state index in [2.05, 4.69) is 5.32 Å². The summed E-state index contributed by atoms with van der Waals surface area (Å²) in [6.07, 6.45) is -4.36. The summed E-state index contributed by atoms with van der Waals surface area (Å²) in [6, 6.07) is 2.92. The van der Waals surface area contributed by atoms with Gasteiger partial charge in [0.2, 0.25) is 5.91 Å². The third-order valence-corrected chi connectivity index (χ3v) is 2.66. The molecule has 0 aliphatic carbocycles. The average molecular weight is 295 g/mol. The van der Waals surface area contributed by atoms with Gasteiger partial charge in [0, 0.05) is 17.1 Å². The molecule has 0 fully saturated rings. The summed E-state index contributed by atoms with van der Waals surface area (Å²) in [5.74, 6) is -0.436. The Morgan fingerprint density at radius 2 is 2.05 bits per heavy atom. The molecule has 0 aliphatic rings. The van der Waals surface area contributed by atoms with Gasteiger partial charge in [-0.05, 0) is 30.7 Å². The number of alkyl halides is 3. The molecule has 0 aliphatic heterocycles. The number of rotatable bonds is 4. The lowest BCUT2D eigenvalue weighted by molar-refractivity contribution is -0.137. The van der Waals surface area contributed by atoms with Crippen molar-refractivity contribution in [2.75, 3.05) is 11.9 Å². The topological polar surface area (TPSA) is 55.1 Å². The summed E-state index contributed by atoms with van der Waals surface area (Å²) in [6.45, 7) is 2.11. The van der Waals surface area contributed by atoms with Crippen LogP contribution in [0.1, 0.15) is 18.9 Å². The fourth-order valence-corrected chi connectivity index (χ4v) is 1.67. The van der Waals surface area contributed by atoms with Crippen LogP contribution in [0.2, 0.25) is 5.02 Å². The third-order valence-electron chi connectivity index (χ3n) is 2.45. The molecule has 0 radical (unpaired) electrons. The number of anilines is 1. The maximum atomic E-state index is 12.6. The van der Waals surface area contributed by atoms with E-state index in [1.165, 1.54) is 6.07 Å². The van der Waals surface area contributed by atoms with Crippen molar-refractivity contribution in [1.29, 1.82) is 0 Å². The van der Waals surface area contributed by atoms with E-state index in [9.17, 15) is 18.0 Å². The zero-order valence-corrected chi connectivity index (χ0v) is 11.0. The zero-order chi connectivity index (χ0) is 14.6. The summed E-state index contributed by atoms with van der Waals surface area (Å²) >= 11 is 5.60. The summed E-state index contributed by atoms with van der Waals surface area (Å²) in [7, 11) is 0. The van der Waals surface area contributed by atoms with Crippen LogP contribution in [0, 0.1) is 5.92 Å². The van der Waals surface area contributed by atoms with Crippen LogP contribution in [0.25, 0.3) is 0 Å². The Bertz CT molecular complexity index is 463. The number of amides is 1. The van der Waals surface area contributed by atoms with Gasteiger partial charge in [-0.2, -0.15) is 13.2 Å². The van der Waals surface area contributed by atoms with E-state index in [0.717, 1.165) is 12.1 Å². The lowest BCUT2D eigenvalue weighted by Crippen LogP contribution is -2.20. The van der Waals surface area contributed by atoms with E-state index in [0.29, 0.717) is 6.54 Å². The average Bonchev–Trinajstić information content (AvgIpc) is 2.26. The summed E-state index contributed by atoms with van der Waals surface area (Å²) in [5.41, 5.74) is 4.49. The van der Waals surface area contributed by atoms with Crippen molar-refractivity contribution in [3.05, 3.63) is 28.8 Å². The van der Waals surface area contributed by atoms with Gasteiger partial charge in [-0.25, -0.2) is 0 Å². The molecular weight excluding hydrogens is 281 g/mol. The van der Waals surface area contributed by atoms with Crippen LogP contribution in [0.4, 0.5) is 18.9 Å². The fourth-order valence-electron chi connectivity index (χ4n) is 1.44. The molecule has 7 heteroatoms. The second-order valence-electron chi connectivity index (χ2n) is 4.32. The number of nitrogens with two attached hydrogens (primary N) is 1. The van der Waals surface area contributed by atoms with Crippen molar-refractivity contribution >= 4 is 23.2 Å². The summed E-state index contributed by atoms with van der Waals surface area (Å²) < 4.78 is 37.7. The monoisotopic (exact) mass is 294 g/mol. The Kier molecular flexibility index (Phi) is 5.20. The van der Waals surface area contributed by atoms with Crippen molar-refractivity contribution in [3.8, 4) is 0 Å². The molecule has 3 nitrogen and oxygen atoms in total. The van der Waals surface area contributed by atoms with Crippen molar-refractivity contribution < 1.29 is 18.0 Å². The number of hydrogen-bond donors (Lipinski definition) is 2. The number of benzene rings is 1. The molecule has 106 valence electrons. The molecule has 1 aromatic rings. The molecule has 0 bridgehead atoms. The molecule has 0 spiro atoms. The molecule has 1 unspecified atom stereocenters. The molecule has 0 saturated heterocycles. The highest BCUT2D eigenvalue weighted by Crippen LogP contribution is 2.33. The number of carbonyl (C=O) groups excluding carboxylic acids is 1. The highest BCUT2D eigenvalue weighted by molar-refractivity contribution is 6.31. The normalized spacial score (nSPS) is 13.2. The quantitative estimate of drug-likeness (QED) is 0.895. The van der Waals surface area contributed by atoms with E-state index < -0.39 is 17.6 Å². The van der Waals surface area contributed by atoms with Crippen LogP contribution in [-0.4, -0.2) is 12.5 Å². The van der Waals surface area contributed by atoms with Crippen LogP contribution >= 0.6 is 11.6 Å². The maximum Gasteiger partial charge on any atom is 0.416 e. The Labute approximate surface area is 113 Å². The van der Waals surface area contributed by atoms with Crippen LogP contribution in [0.3, 0.4) is 0 Å². The Morgan fingerprint density at radius 3 is 2.58 bits per heavy atom. The standard InChI is InChI=1S/C12H14ClF3N2O/c1-7(6-17)2-11(19)18-10-4-8(12(14,15)16)3-9(13)5-10/h3-5,7H,2,6,17H2,1H3,(H,18,19). The van der Waals surface area contributed by atoms with E-state index in [-0.39, 0.29) is 23.0 Å². The summed E-state index contributed by atoms with van der Waals surface area (Å²) in [5, 5.41) is 2.30. The van der Waals surface area contributed by atoms with Gasteiger partial charge in [-0.15, -0.1) is 0 Å². The first-order valence-corrected chi connectivity index (χ1v) is 5.98. The van der Waals surface area contributed by atoms with Gasteiger partial charge >= 0.3 is 6.18 Å². The van der Waals surface area contributed by atoms with Crippen molar-refractivity contribution in [1.82, 2.24) is 0 Å². The predicted octanol–water partition coefficient (Wildman–Crippen LogP) is 3.28. The Morgan fingerprint density at radius 1 is 1.42 bits per heavy atom. The first-order valence-electron chi connectivity index (χ1n) is 5.60. The van der Waals surface area contributed by atoms with Crippen molar-refractivity contribution in [2.45, 2.75) is 19.5 Å². The van der Waals surface area contributed by atoms with Crippen LogP contribution in [-0.2, 0) is 11.0 Å². The fraction of sp³-hybridized carbons (Fsp3) is 0.417. The molecule has 19 heavy (non-hydrogen) atoms. The van der Waals surface area contributed by atoms with Gasteiger partial charge in [-0.3, -0.25) is 4.79 Å². The van der Waals surface area contributed by atoms with Gasteiger partial charge in [0.1, 0.15) is 0 Å². The number of carbonyl (C=O) groups is 1. The molecule has 0 heterocycles. The largest absolute Gasteiger partial charge is 0.416 e. The second kappa shape index (κ2) is 6.25. The lowest BCUT2D eigenvalue weighted by Gasteiger charge is -2.12. The summed E-state index contributed by atoms with van der Waals surface area (Å²) in [4.78, 5) is 11.6. The molecule has 3 N–H and O–H groups in total.